The number of likely N-dealkylation sites (tertiary alicyclic amines) is 2. The van der Waals surface area contributed by atoms with E-state index in [1.54, 1.807) is 18.0 Å². The number of nitriles is 1. The molecule has 2 rings (SSSR count). The molecule has 0 N–H and O–H groups in total. The van der Waals surface area contributed by atoms with E-state index in [1.165, 1.54) is 6.42 Å². The lowest BCUT2D eigenvalue weighted by Gasteiger charge is -2.32. The lowest BCUT2D eigenvalue weighted by Crippen LogP contribution is -2.41. The van der Waals surface area contributed by atoms with E-state index in [0.717, 1.165) is 19.5 Å². The van der Waals surface area contributed by atoms with E-state index in [9.17, 15) is 14.9 Å². The molecule has 0 aromatic carbocycles. The fourth-order valence-electron chi connectivity index (χ4n) is 3.41. The fourth-order valence-corrected chi connectivity index (χ4v) is 3.41. The molecule has 132 valence electrons. The van der Waals surface area contributed by atoms with Gasteiger partial charge in [0.2, 0.25) is 0 Å². The average molecular weight is 333 g/mol. The van der Waals surface area contributed by atoms with Crippen LogP contribution in [0.4, 0.5) is 0 Å². The molecule has 2 heterocycles. The minimum atomic E-state index is -0.224. The van der Waals surface area contributed by atoms with E-state index in [1.807, 2.05) is 0 Å². The van der Waals surface area contributed by atoms with Crippen LogP contribution in [0.1, 0.15) is 39.5 Å². The normalized spacial score (nSPS) is 22.9. The van der Waals surface area contributed by atoms with Gasteiger partial charge in [0.15, 0.2) is 0 Å². The summed E-state index contributed by atoms with van der Waals surface area (Å²) in [6.07, 6.45) is 5.21. The summed E-state index contributed by atoms with van der Waals surface area (Å²) in [5.74, 6) is 0.0535. The number of amides is 1. The average Bonchev–Trinajstić information content (AvgIpc) is 2.59. The third kappa shape index (κ3) is 4.73. The van der Waals surface area contributed by atoms with Gasteiger partial charge in [-0.1, -0.05) is 6.92 Å². The summed E-state index contributed by atoms with van der Waals surface area (Å²) in [5.41, 5.74) is 0.193. The summed E-state index contributed by atoms with van der Waals surface area (Å²) >= 11 is 0. The Labute approximate surface area is 144 Å². The maximum absolute atomic E-state index is 12.6. The van der Waals surface area contributed by atoms with Gasteiger partial charge in [0.1, 0.15) is 11.6 Å². The molecule has 0 saturated carbocycles. The van der Waals surface area contributed by atoms with Crippen LogP contribution in [0.3, 0.4) is 0 Å². The number of carbonyl (C=O) groups excluding carboxylic acids is 2. The van der Waals surface area contributed by atoms with Crippen molar-refractivity contribution in [2.24, 2.45) is 11.8 Å². The zero-order valence-electron chi connectivity index (χ0n) is 14.7. The molecule has 0 aromatic heterocycles. The van der Waals surface area contributed by atoms with Crippen molar-refractivity contribution in [1.29, 1.82) is 5.26 Å². The van der Waals surface area contributed by atoms with Gasteiger partial charge in [-0.05, 0) is 38.5 Å². The molecule has 1 amide bonds. The van der Waals surface area contributed by atoms with Crippen LogP contribution in [0.15, 0.2) is 11.8 Å². The number of ether oxygens (including phenoxy) is 1. The van der Waals surface area contributed by atoms with E-state index in [2.05, 4.69) is 17.9 Å². The van der Waals surface area contributed by atoms with Gasteiger partial charge in [0.05, 0.1) is 12.5 Å². The number of piperidine rings is 2. The summed E-state index contributed by atoms with van der Waals surface area (Å²) in [5, 5.41) is 9.37. The second-order valence-corrected chi connectivity index (χ2v) is 6.72. The van der Waals surface area contributed by atoms with Crippen LogP contribution in [0.25, 0.3) is 0 Å². The van der Waals surface area contributed by atoms with Gasteiger partial charge in [0.25, 0.3) is 5.91 Å². The third-order valence-electron chi connectivity index (χ3n) is 4.75. The highest BCUT2D eigenvalue weighted by molar-refractivity contribution is 5.97. The molecular formula is C18H27N3O3. The first-order valence-electron chi connectivity index (χ1n) is 8.87. The second kappa shape index (κ2) is 8.72. The summed E-state index contributed by atoms with van der Waals surface area (Å²) < 4.78 is 5.04. The zero-order valence-corrected chi connectivity index (χ0v) is 14.7. The number of nitrogens with zero attached hydrogens (tertiary/aromatic N) is 3. The van der Waals surface area contributed by atoms with Gasteiger partial charge >= 0.3 is 5.97 Å². The Hall–Kier alpha value is -2.03. The molecule has 0 bridgehead atoms. The molecule has 6 nitrogen and oxygen atoms in total. The zero-order chi connectivity index (χ0) is 17.5. The van der Waals surface area contributed by atoms with Crippen molar-refractivity contribution < 1.29 is 14.3 Å². The van der Waals surface area contributed by atoms with Gasteiger partial charge in [-0.25, -0.2) is 0 Å². The van der Waals surface area contributed by atoms with Crippen LogP contribution in [0, 0.1) is 23.2 Å². The molecule has 2 aliphatic rings. The Morgan fingerprint density at radius 2 is 1.96 bits per heavy atom. The Morgan fingerprint density at radius 3 is 2.54 bits per heavy atom. The molecular weight excluding hydrogens is 306 g/mol. The van der Waals surface area contributed by atoms with E-state index in [0.29, 0.717) is 38.5 Å². The van der Waals surface area contributed by atoms with E-state index >= 15 is 0 Å². The highest BCUT2D eigenvalue weighted by atomic mass is 16.5. The molecule has 2 fully saturated rings. The summed E-state index contributed by atoms with van der Waals surface area (Å²) in [4.78, 5) is 28.1. The summed E-state index contributed by atoms with van der Waals surface area (Å²) in [6, 6.07) is 2.05. The number of hydrogen-bond donors (Lipinski definition) is 0. The maximum atomic E-state index is 12.6. The van der Waals surface area contributed by atoms with Crippen molar-refractivity contribution in [3.05, 3.63) is 11.8 Å². The number of carbonyl (C=O) groups is 2. The van der Waals surface area contributed by atoms with Gasteiger partial charge in [0, 0.05) is 32.4 Å². The largest absolute Gasteiger partial charge is 0.466 e. The predicted octanol–water partition coefficient (Wildman–Crippen LogP) is 1.93. The Kier molecular flexibility index (Phi) is 6.65. The van der Waals surface area contributed by atoms with E-state index < -0.39 is 0 Å². The predicted molar refractivity (Wildman–Crippen MR) is 89.6 cm³/mol. The smallest absolute Gasteiger partial charge is 0.309 e. The number of rotatable bonds is 4. The number of esters is 1. The van der Waals surface area contributed by atoms with Crippen LogP contribution in [-0.2, 0) is 14.3 Å². The molecule has 0 spiro atoms. The van der Waals surface area contributed by atoms with Crippen LogP contribution in [0.2, 0.25) is 0 Å². The first-order valence-corrected chi connectivity index (χ1v) is 8.87. The van der Waals surface area contributed by atoms with E-state index in [-0.39, 0.29) is 23.4 Å². The first kappa shape index (κ1) is 18.3. The maximum Gasteiger partial charge on any atom is 0.309 e. The molecule has 24 heavy (non-hydrogen) atoms. The van der Waals surface area contributed by atoms with E-state index in [4.69, 9.17) is 4.74 Å². The molecule has 2 aliphatic heterocycles. The topological polar surface area (TPSA) is 73.6 Å². The minimum Gasteiger partial charge on any atom is -0.466 e. The van der Waals surface area contributed by atoms with Crippen molar-refractivity contribution in [3.8, 4) is 6.07 Å². The SMILES string of the molecule is CCOC(=O)C1CCN(C(=O)/C(C#N)=C\N2CCCC(C)C2)CC1. The Balaban J connectivity index is 1.93. The highest BCUT2D eigenvalue weighted by Gasteiger charge is 2.29. The second-order valence-electron chi connectivity index (χ2n) is 6.72. The lowest BCUT2D eigenvalue weighted by molar-refractivity contribution is -0.150. The van der Waals surface area contributed by atoms with Gasteiger partial charge in [-0.3, -0.25) is 9.59 Å². The van der Waals surface area contributed by atoms with Crippen molar-refractivity contribution in [1.82, 2.24) is 9.80 Å². The lowest BCUT2D eigenvalue weighted by atomic mass is 9.96. The van der Waals surface area contributed by atoms with Crippen LogP contribution < -0.4 is 0 Å². The monoisotopic (exact) mass is 333 g/mol. The molecule has 1 unspecified atom stereocenters. The first-order chi connectivity index (χ1) is 11.5. The van der Waals surface area contributed by atoms with Gasteiger partial charge in [-0.2, -0.15) is 5.26 Å². The van der Waals surface area contributed by atoms with Gasteiger partial charge in [-0.15, -0.1) is 0 Å². The Morgan fingerprint density at radius 1 is 1.25 bits per heavy atom. The molecule has 2 saturated heterocycles. The third-order valence-corrected chi connectivity index (χ3v) is 4.75. The summed E-state index contributed by atoms with van der Waals surface area (Å²) in [6.45, 7) is 7.15. The standard InChI is InChI=1S/C18H27N3O3/c1-3-24-18(23)15-6-9-21(10-7-15)17(22)16(11-19)13-20-8-4-5-14(2)12-20/h13-15H,3-10,12H2,1-2H3/b16-13-. The highest BCUT2D eigenvalue weighted by Crippen LogP contribution is 2.21. The molecule has 0 aliphatic carbocycles. The molecule has 6 heteroatoms. The van der Waals surface area contributed by atoms with Crippen molar-refractivity contribution in [2.75, 3.05) is 32.8 Å². The molecule has 0 aromatic rings. The van der Waals surface area contributed by atoms with Crippen molar-refractivity contribution in [3.63, 3.8) is 0 Å². The number of hydrogen-bond acceptors (Lipinski definition) is 5. The fraction of sp³-hybridized carbons (Fsp3) is 0.722. The van der Waals surface area contributed by atoms with Crippen molar-refractivity contribution >= 4 is 11.9 Å². The van der Waals surface area contributed by atoms with Crippen LogP contribution in [0.5, 0.6) is 0 Å². The van der Waals surface area contributed by atoms with Gasteiger partial charge < -0.3 is 14.5 Å². The summed E-state index contributed by atoms with van der Waals surface area (Å²) in [7, 11) is 0. The van der Waals surface area contributed by atoms with Crippen molar-refractivity contribution in [2.45, 2.75) is 39.5 Å². The van der Waals surface area contributed by atoms with Crippen LogP contribution >= 0.6 is 0 Å². The Bertz CT molecular complexity index is 530. The minimum absolute atomic E-state index is 0.133. The van der Waals surface area contributed by atoms with Crippen LogP contribution in [-0.4, -0.2) is 54.5 Å². The molecule has 1 atom stereocenters. The molecule has 0 radical (unpaired) electrons. The quantitative estimate of drug-likeness (QED) is 0.446.